The summed E-state index contributed by atoms with van der Waals surface area (Å²) in [6, 6.07) is 12.1. The largest absolute Gasteiger partial charge is 0.384 e. The number of aromatic nitrogens is 3. The number of nitrogen functional groups attached to an aromatic ring is 1. The lowest BCUT2D eigenvalue weighted by atomic mass is 9.92. The van der Waals surface area contributed by atoms with Crippen LogP contribution in [0.15, 0.2) is 68.1 Å². The molecule has 0 bridgehead atoms. The van der Waals surface area contributed by atoms with Crippen molar-refractivity contribution in [2.75, 3.05) is 0 Å². The van der Waals surface area contributed by atoms with Crippen LogP contribution in [-0.2, 0) is 0 Å². The van der Waals surface area contributed by atoms with Crippen molar-refractivity contribution < 1.29 is 0 Å². The molecule has 0 amide bonds. The number of hydrogen-bond donors (Lipinski definition) is 2. The SMILES string of the molecule is C=Cc1c(C(=N)N)ccc(-c2cnn3cc(-c4ccc(C)cc4)cnc23)c1C=C. The molecule has 2 aromatic heterocycles. The Hall–Kier alpha value is -3.99. The molecule has 5 heteroatoms. The van der Waals surface area contributed by atoms with E-state index >= 15 is 0 Å². The molecule has 2 aromatic carbocycles. The maximum absolute atomic E-state index is 7.81. The Morgan fingerprint density at radius 1 is 0.966 bits per heavy atom. The van der Waals surface area contributed by atoms with E-state index in [4.69, 9.17) is 11.1 Å². The number of amidine groups is 1. The number of rotatable bonds is 5. The van der Waals surface area contributed by atoms with Crippen molar-refractivity contribution in [3.63, 3.8) is 0 Å². The molecule has 0 aliphatic rings. The average Bonchev–Trinajstić information content (AvgIpc) is 3.16. The number of nitrogens with zero attached hydrogens (tertiary/aromatic N) is 3. The van der Waals surface area contributed by atoms with Crippen molar-refractivity contribution in [1.29, 1.82) is 5.41 Å². The summed E-state index contributed by atoms with van der Waals surface area (Å²) in [5.41, 5.74) is 13.8. The maximum Gasteiger partial charge on any atom is 0.162 e. The van der Waals surface area contributed by atoms with E-state index in [1.807, 2.05) is 24.5 Å². The molecule has 4 rings (SSSR count). The molecule has 142 valence electrons. The van der Waals surface area contributed by atoms with Gasteiger partial charge in [-0.25, -0.2) is 9.50 Å². The number of hydrogen-bond acceptors (Lipinski definition) is 3. The predicted octanol–water partition coefficient (Wildman–Crippen LogP) is 4.94. The quantitative estimate of drug-likeness (QED) is 0.381. The Morgan fingerprint density at radius 2 is 1.69 bits per heavy atom. The molecule has 3 N–H and O–H groups in total. The van der Waals surface area contributed by atoms with E-state index in [1.54, 1.807) is 22.9 Å². The Labute approximate surface area is 169 Å². The molecule has 0 unspecified atom stereocenters. The van der Waals surface area contributed by atoms with Gasteiger partial charge in [0.2, 0.25) is 0 Å². The molecule has 0 fully saturated rings. The van der Waals surface area contributed by atoms with Crippen LogP contribution in [0.2, 0.25) is 0 Å². The van der Waals surface area contributed by atoms with Crippen molar-refractivity contribution >= 4 is 23.6 Å². The third-order valence-corrected chi connectivity index (χ3v) is 5.02. The molecule has 0 atom stereocenters. The molecule has 0 aliphatic heterocycles. The van der Waals surface area contributed by atoms with Crippen molar-refractivity contribution in [2.24, 2.45) is 5.73 Å². The second-order valence-electron chi connectivity index (χ2n) is 6.85. The summed E-state index contributed by atoms with van der Waals surface area (Å²) < 4.78 is 1.78. The van der Waals surface area contributed by atoms with Crippen LogP contribution in [0.1, 0.15) is 22.3 Å². The van der Waals surface area contributed by atoms with Crippen molar-refractivity contribution in [1.82, 2.24) is 14.6 Å². The highest BCUT2D eigenvalue weighted by Crippen LogP contribution is 2.33. The van der Waals surface area contributed by atoms with Gasteiger partial charge in [0.15, 0.2) is 5.65 Å². The zero-order chi connectivity index (χ0) is 20.5. The molecule has 0 radical (unpaired) electrons. The fourth-order valence-corrected chi connectivity index (χ4v) is 3.51. The van der Waals surface area contributed by atoms with Crippen LogP contribution >= 0.6 is 0 Å². The number of nitrogens with two attached hydrogens (primary N) is 1. The van der Waals surface area contributed by atoms with E-state index in [0.717, 1.165) is 39.0 Å². The molecule has 0 spiro atoms. The second kappa shape index (κ2) is 7.20. The lowest BCUT2D eigenvalue weighted by Crippen LogP contribution is -2.13. The normalized spacial score (nSPS) is 10.8. The monoisotopic (exact) mass is 379 g/mol. The summed E-state index contributed by atoms with van der Waals surface area (Å²) in [5, 5.41) is 12.3. The number of benzene rings is 2. The summed E-state index contributed by atoms with van der Waals surface area (Å²) in [4.78, 5) is 4.68. The number of fused-ring (bicyclic) bond motifs is 1. The third kappa shape index (κ3) is 3.12. The molecule has 4 aromatic rings. The van der Waals surface area contributed by atoms with Gasteiger partial charge < -0.3 is 5.73 Å². The summed E-state index contributed by atoms with van der Waals surface area (Å²) in [6.45, 7) is 9.89. The molecule has 29 heavy (non-hydrogen) atoms. The van der Waals surface area contributed by atoms with E-state index in [9.17, 15) is 0 Å². The summed E-state index contributed by atoms with van der Waals surface area (Å²) in [7, 11) is 0. The first-order valence-electron chi connectivity index (χ1n) is 9.20. The second-order valence-corrected chi connectivity index (χ2v) is 6.85. The van der Waals surface area contributed by atoms with Gasteiger partial charge in [0.25, 0.3) is 0 Å². The first-order valence-corrected chi connectivity index (χ1v) is 9.20. The first-order chi connectivity index (χ1) is 14.0. The Balaban J connectivity index is 1.87. The van der Waals surface area contributed by atoms with Gasteiger partial charge in [-0.05, 0) is 29.2 Å². The molecule has 0 saturated heterocycles. The summed E-state index contributed by atoms with van der Waals surface area (Å²) in [6.07, 6.45) is 9.08. The molecule has 2 heterocycles. The van der Waals surface area contributed by atoms with E-state index < -0.39 is 0 Å². The first kappa shape index (κ1) is 18.4. The van der Waals surface area contributed by atoms with Crippen molar-refractivity contribution in [3.8, 4) is 22.3 Å². The zero-order valence-electron chi connectivity index (χ0n) is 16.2. The van der Waals surface area contributed by atoms with Crippen LogP contribution in [0, 0.1) is 12.3 Å². The highest BCUT2D eigenvalue weighted by Gasteiger charge is 2.16. The van der Waals surface area contributed by atoms with Gasteiger partial charge in [0.1, 0.15) is 5.84 Å². The minimum Gasteiger partial charge on any atom is -0.384 e. The van der Waals surface area contributed by atoms with Crippen LogP contribution in [0.25, 0.3) is 40.1 Å². The fourth-order valence-electron chi connectivity index (χ4n) is 3.51. The third-order valence-electron chi connectivity index (χ3n) is 5.02. The van der Waals surface area contributed by atoms with Crippen LogP contribution in [0.5, 0.6) is 0 Å². The minimum atomic E-state index is -0.00437. The maximum atomic E-state index is 7.81. The Bertz CT molecular complexity index is 1260. The molecular weight excluding hydrogens is 358 g/mol. The summed E-state index contributed by atoms with van der Waals surface area (Å²) >= 11 is 0. The fraction of sp³-hybridized carbons (Fsp3) is 0.0417. The van der Waals surface area contributed by atoms with Gasteiger partial charge in [-0.15, -0.1) is 0 Å². The predicted molar refractivity (Wildman–Crippen MR) is 120 cm³/mol. The lowest BCUT2D eigenvalue weighted by Gasteiger charge is -2.13. The Kier molecular flexibility index (Phi) is 4.56. The number of aryl methyl sites for hydroxylation is 1. The molecular formula is C24H21N5. The zero-order valence-corrected chi connectivity index (χ0v) is 16.2. The van der Waals surface area contributed by atoms with E-state index in [2.05, 4.69) is 54.4 Å². The molecule has 0 saturated carbocycles. The van der Waals surface area contributed by atoms with Crippen LogP contribution in [-0.4, -0.2) is 20.4 Å². The van der Waals surface area contributed by atoms with Crippen LogP contribution in [0.3, 0.4) is 0 Å². The van der Waals surface area contributed by atoms with Gasteiger partial charge in [0, 0.05) is 29.1 Å². The molecule has 5 nitrogen and oxygen atoms in total. The average molecular weight is 379 g/mol. The van der Waals surface area contributed by atoms with Gasteiger partial charge >= 0.3 is 0 Å². The standard InChI is InChI=1S/C24H21N5/c1-4-18-19(5-2)21(23(25)26)11-10-20(18)22-13-28-29-14-17(12-27-24(22)29)16-8-6-15(3)7-9-16/h4-14H,1-2H2,3H3,(H3,25,26). The lowest BCUT2D eigenvalue weighted by molar-refractivity contribution is 0.941. The van der Waals surface area contributed by atoms with Crippen LogP contribution < -0.4 is 5.73 Å². The van der Waals surface area contributed by atoms with E-state index in [0.29, 0.717) is 5.56 Å². The van der Waals surface area contributed by atoms with Crippen molar-refractivity contribution in [2.45, 2.75) is 6.92 Å². The molecule has 0 aliphatic carbocycles. The van der Waals surface area contributed by atoms with Crippen LogP contribution in [0.4, 0.5) is 0 Å². The van der Waals surface area contributed by atoms with Crippen molar-refractivity contribution in [3.05, 3.63) is 90.4 Å². The van der Waals surface area contributed by atoms with Gasteiger partial charge in [-0.2, -0.15) is 5.10 Å². The van der Waals surface area contributed by atoms with E-state index in [1.165, 1.54) is 5.56 Å². The number of nitrogens with one attached hydrogen (secondary N) is 1. The van der Waals surface area contributed by atoms with Gasteiger partial charge in [0.05, 0.1) is 6.20 Å². The Morgan fingerprint density at radius 3 is 2.34 bits per heavy atom. The van der Waals surface area contributed by atoms with Gasteiger partial charge in [-0.1, -0.05) is 67.3 Å². The topological polar surface area (TPSA) is 80.1 Å². The van der Waals surface area contributed by atoms with E-state index in [-0.39, 0.29) is 5.84 Å². The minimum absolute atomic E-state index is 0.00437. The van der Waals surface area contributed by atoms with Gasteiger partial charge in [-0.3, -0.25) is 5.41 Å². The smallest absolute Gasteiger partial charge is 0.162 e. The highest BCUT2D eigenvalue weighted by atomic mass is 15.2. The highest BCUT2D eigenvalue weighted by molar-refractivity contribution is 6.01. The summed E-state index contributed by atoms with van der Waals surface area (Å²) in [5.74, 6) is -0.00437.